The van der Waals surface area contributed by atoms with Crippen LogP contribution < -0.4 is 4.72 Å². The molecular weight excluding hydrogens is 338 g/mol. The van der Waals surface area contributed by atoms with Crippen LogP contribution in [0.15, 0.2) is 14.7 Å². The highest BCUT2D eigenvalue weighted by Crippen LogP contribution is 2.34. The van der Waals surface area contributed by atoms with E-state index in [1.54, 1.807) is 13.0 Å². The summed E-state index contributed by atoms with van der Waals surface area (Å²) in [7, 11) is -3.55. The topological polar surface area (TPSA) is 66.4 Å². The SMILES string of the molecule is Cc1sc(Br)cc1S(=O)(=O)NC1(CO)CCCC1. The molecule has 0 aliphatic heterocycles. The molecule has 1 fully saturated rings. The Morgan fingerprint density at radius 3 is 2.56 bits per heavy atom. The third-order valence-corrected chi connectivity index (χ3v) is 6.73. The number of hydrogen-bond donors (Lipinski definition) is 2. The number of rotatable bonds is 4. The van der Waals surface area contributed by atoms with Crippen LogP contribution in [0.4, 0.5) is 0 Å². The minimum absolute atomic E-state index is 0.142. The molecule has 102 valence electrons. The number of halogens is 1. The zero-order valence-electron chi connectivity index (χ0n) is 10.1. The zero-order chi connectivity index (χ0) is 13.4. The molecule has 1 aromatic rings. The van der Waals surface area contributed by atoms with Gasteiger partial charge in [0.15, 0.2) is 0 Å². The van der Waals surface area contributed by atoms with Crippen molar-refractivity contribution in [1.29, 1.82) is 0 Å². The average Bonchev–Trinajstić information content (AvgIpc) is 2.86. The fourth-order valence-electron chi connectivity index (χ4n) is 2.38. The van der Waals surface area contributed by atoms with Gasteiger partial charge in [0, 0.05) is 4.88 Å². The minimum Gasteiger partial charge on any atom is -0.394 e. The number of aliphatic hydroxyl groups excluding tert-OH is 1. The molecule has 2 N–H and O–H groups in total. The quantitative estimate of drug-likeness (QED) is 0.873. The Labute approximate surface area is 120 Å². The second-order valence-electron chi connectivity index (χ2n) is 4.72. The van der Waals surface area contributed by atoms with Gasteiger partial charge in [-0.15, -0.1) is 11.3 Å². The lowest BCUT2D eigenvalue weighted by atomic mass is 10.0. The van der Waals surface area contributed by atoms with Crippen molar-refractivity contribution in [1.82, 2.24) is 4.72 Å². The van der Waals surface area contributed by atoms with E-state index in [-0.39, 0.29) is 6.61 Å². The van der Waals surface area contributed by atoms with Crippen molar-refractivity contribution in [2.45, 2.75) is 43.0 Å². The van der Waals surface area contributed by atoms with Crippen molar-refractivity contribution >= 4 is 37.3 Å². The predicted molar refractivity (Wildman–Crippen MR) is 75.4 cm³/mol. The fourth-order valence-corrected chi connectivity index (χ4v) is 6.25. The third-order valence-electron chi connectivity index (χ3n) is 3.35. The molecule has 0 spiro atoms. The molecule has 1 aliphatic carbocycles. The molecule has 2 rings (SSSR count). The molecule has 0 radical (unpaired) electrons. The molecule has 0 amide bonds. The van der Waals surface area contributed by atoms with Crippen molar-refractivity contribution in [3.05, 3.63) is 14.7 Å². The molecule has 0 bridgehead atoms. The van der Waals surface area contributed by atoms with E-state index in [0.29, 0.717) is 17.7 Å². The van der Waals surface area contributed by atoms with Crippen molar-refractivity contribution in [3.8, 4) is 0 Å². The van der Waals surface area contributed by atoms with Gasteiger partial charge in [-0.3, -0.25) is 0 Å². The van der Waals surface area contributed by atoms with E-state index in [4.69, 9.17) is 0 Å². The monoisotopic (exact) mass is 353 g/mol. The second kappa shape index (κ2) is 5.20. The Morgan fingerprint density at radius 2 is 2.11 bits per heavy atom. The van der Waals surface area contributed by atoms with Crippen LogP contribution in [0.2, 0.25) is 0 Å². The van der Waals surface area contributed by atoms with Gasteiger partial charge in [0.05, 0.1) is 20.8 Å². The first-order valence-electron chi connectivity index (χ1n) is 5.79. The van der Waals surface area contributed by atoms with Gasteiger partial charge in [0.1, 0.15) is 0 Å². The first-order chi connectivity index (χ1) is 8.38. The van der Waals surface area contributed by atoms with E-state index < -0.39 is 15.6 Å². The van der Waals surface area contributed by atoms with Crippen LogP contribution in [0.25, 0.3) is 0 Å². The van der Waals surface area contributed by atoms with Crippen molar-refractivity contribution in [2.75, 3.05) is 6.61 Å². The summed E-state index contributed by atoms with van der Waals surface area (Å²) in [5.41, 5.74) is -0.667. The molecule has 0 unspecified atom stereocenters. The van der Waals surface area contributed by atoms with Crippen LogP contribution in [0.5, 0.6) is 0 Å². The van der Waals surface area contributed by atoms with Gasteiger partial charge in [-0.25, -0.2) is 13.1 Å². The van der Waals surface area contributed by atoms with Gasteiger partial charge in [-0.05, 0) is 41.8 Å². The van der Waals surface area contributed by atoms with Crippen LogP contribution in [0.3, 0.4) is 0 Å². The molecule has 1 heterocycles. The molecule has 7 heteroatoms. The van der Waals surface area contributed by atoms with Crippen LogP contribution in [-0.2, 0) is 10.0 Å². The second-order valence-corrected chi connectivity index (χ2v) is 9.01. The van der Waals surface area contributed by atoms with Gasteiger partial charge in [-0.2, -0.15) is 0 Å². The Balaban J connectivity index is 2.29. The van der Waals surface area contributed by atoms with Gasteiger partial charge in [0.25, 0.3) is 0 Å². The number of aliphatic hydroxyl groups is 1. The van der Waals surface area contributed by atoms with E-state index in [0.717, 1.165) is 21.5 Å². The van der Waals surface area contributed by atoms with Gasteiger partial charge < -0.3 is 5.11 Å². The lowest BCUT2D eigenvalue weighted by Crippen LogP contribution is -2.49. The molecule has 0 saturated heterocycles. The van der Waals surface area contributed by atoms with Crippen molar-refractivity contribution < 1.29 is 13.5 Å². The summed E-state index contributed by atoms with van der Waals surface area (Å²) in [6.07, 6.45) is 3.31. The van der Waals surface area contributed by atoms with E-state index in [1.807, 2.05) is 0 Å². The summed E-state index contributed by atoms with van der Waals surface area (Å²) in [6, 6.07) is 1.61. The van der Waals surface area contributed by atoms with Gasteiger partial charge in [0.2, 0.25) is 10.0 Å². The highest BCUT2D eigenvalue weighted by atomic mass is 79.9. The Hall–Kier alpha value is 0.0500. The highest BCUT2D eigenvalue weighted by molar-refractivity contribution is 9.11. The summed E-state index contributed by atoms with van der Waals surface area (Å²) in [5, 5.41) is 9.47. The normalized spacial score (nSPS) is 19.3. The smallest absolute Gasteiger partial charge is 0.242 e. The number of nitrogens with one attached hydrogen (secondary N) is 1. The van der Waals surface area contributed by atoms with Crippen LogP contribution in [-0.4, -0.2) is 25.7 Å². The van der Waals surface area contributed by atoms with E-state index in [2.05, 4.69) is 20.7 Å². The largest absolute Gasteiger partial charge is 0.394 e. The average molecular weight is 354 g/mol. The summed E-state index contributed by atoms with van der Waals surface area (Å²) < 4.78 is 28.2. The Kier molecular flexibility index (Phi) is 4.18. The maximum atomic E-state index is 12.4. The molecule has 18 heavy (non-hydrogen) atoms. The number of hydrogen-bond acceptors (Lipinski definition) is 4. The van der Waals surface area contributed by atoms with Crippen LogP contribution in [0, 0.1) is 6.92 Å². The maximum Gasteiger partial charge on any atom is 0.242 e. The first-order valence-corrected chi connectivity index (χ1v) is 8.89. The fraction of sp³-hybridized carbons (Fsp3) is 0.636. The summed E-state index contributed by atoms with van der Waals surface area (Å²) >= 11 is 4.69. The summed E-state index contributed by atoms with van der Waals surface area (Å²) in [4.78, 5) is 1.06. The molecule has 1 aliphatic rings. The van der Waals surface area contributed by atoms with E-state index in [1.165, 1.54) is 11.3 Å². The number of aryl methyl sites for hydroxylation is 1. The maximum absolute atomic E-state index is 12.4. The van der Waals surface area contributed by atoms with E-state index in [9.17, 15) is 13.5 Å². The molecule has 0 atom stereocenters. The zero-order valence-corrected chi connectivity index (χ0v) is 13.3. The molecule has 4 nitrogen and oxygen atoms in total. The van der Waals surface area contributed by atoms with Crippen LogP contribution in [0.1, 0.15) is 30.6 Å². The molecule has 1 aromatic heterocycles. The third kappa shape index (κ3) is 2.80. The predicted octanol–water partition coefficient (Wildman–Crippen LogP) is 2.40. The standard InChI is InChI=1S/C11H16BrNO3S2/c1-8-9(6-10(12)17-8)18(15,16)13-11(7-14)4-2-3-5-11/h6,13-14H,2-5,7H2,1H3. The molecular formula is C11H16BrNO3S2. The lowest BCUT2D eigenvalue weighted by molar-refractivity contribution is 0.185. The lowest BCUT2D eigenvalue weighted by Gasteiger charge is -2.27. The molecule has 1 saturated carbocycles. The number of sulfonamides is 1. The minimum atomic E-state index is -3.55. The Morgan fingerprint density at radius 1 is 1.50 bits per heavy atom. The van der Waals surface area contributed by atoms with Crippen molar-refractivity contribution in [3.63, 3.8) is 0 Å². The summed E-state index contributed by atoms with van der Waals surface area (Å²) in [5.74, 6) is 0. The van der Waals surface area contributed by atoms with Gasteiger partial charge >= 0.3 is 0 Å². The van der Waals surface area contributed by atoms with E-state index >= 15 is 0 Å². The highest BCUT2D eigenvalue weighted by Gasteiger charge is 2.38. The first kappa shape index (κ1) is 14.5. The molecule has 0 aromatic carbocycles. The summed E-state index contributed by atoms with van der Waals surface area (Å²) in [6.45, 7) is 1.64. The van der Waals surface area contributed by atoms with Gasteiger partial charge in [-0.1, -0.05) is 12.8 Å². The Bertz CT molecular complexity index is 532. The van der Waals surface area contributed by atoms with Crippen LogP contribution >= 0.6 is 27.3 Å². The number of thiophene rings is 1. The van der Waals surface area contributed by atoms with Crippen molar-refractivity contribution in [2.24, 2.45) is 0 Å².